The smallest absolute Gasteiger partial charge is 0.299 e. The van der Waals surface area contributed by atoms with Crippen LogP contribution in [0.3, 0.4) is 0 Å². The van der Waals surface area contributed by atoms with Gasteiger partial charge in [-0.05, 0) is 0 Å². The highest BCUT2D eigenvalue weighted by Gasteiger charge is 2.21. The SMILES string of the molecule is O=C(Nc1ccn[nH]1)c1cc([N+](=O)[O-])c(Cl)s1. The molecule has 2 aromatic heterocycles. The van der Waals surface area contributed by atoms with E-state index in [9.17, 15) is 14.9 Å². The molecule has 0 spiro atoms. The summed E-state index contributed by atoms with van der Waals surface area (Å²) in [6.07, 6.45) is 1.47. The molecule has 0 aliphatic carbocycles. The van der Waals surface area contributed by atoms with Crippen LogP contribution in [0.25, 0.3) is 0 Å². The normalized spacial score (nSPS) is 10.2. The second kappa shape index (κ2) is 4.52. The summed E-state index contributed by atoms with van der Waals surface area (Å²) in [6.45, 7) is 0. The van der Waals surface area contributed by atoms with Gasteiger partial charge in [0.05, 0.1) is 11.1 Å². The van der Waals surface area contributed by atoms with E-state index in [-0.39, 0.29) is 14.9 Å². The average molecular weight is 273 g/mol. The number of halogens is 1. The van der Waals surface area contributed by atoms with Crippen LogP contribution in [0.15, 0.2) is 18.3 Å². The van der Waals surface area contributed by atoms with Crippen LogP contribution in [0.5, 0.6) is 0 Å². The monoisotopic (exact) mass is 272 g/mol. The fraction of sp³-hybridized carbons (Fsp3) is 0. The van der Waals surface area contributed by atoms with Crippen LogP contribution >= 0.6 is 22.9 Å². The molecule has 0 saturated carbocycles. The number of rotatable bonds is 3. The number of amides is 1. The molecule has 0 aliphatic rings. The molecule has 0 saturated heterocycles. The zero-order valence-electron chi connectivity index (χ0n) is 8.14. The third-order valence-corrected chi connectivity index (χ3v) is 3.17. The Balaban J connectivity index is 2.20. The van der Waals surface area contributed by atoms with Crippen molar-refractivity contribution in [3.63, 3.8) is 0 Å². The summed E-state index contributed by atoms with van der Waals surface area (Å²) in [6, 6.07) is 2.69. The molecule has 17 heavy (non-hydrogen) atoms. The molecule has 0 aliphatic heterocycles. The number of nitro groups is 1. The van der Waals surface area contributed by atoms with Gasteiger partial charge in [-0.1, -0.05) is 11.6 Å². The summed E-state index contributed by atoms with van der Waals surface area (Å²) in [5, 5.41) is 19.2. The van der Waals surface area contributed by atoms with Crippen LogP contribution in [-0.2, 0) is 0 Å². The number of carbonyl (C=O) groups is 1. The lowest BCUT2D eigenvalue weighted by molar-refractivity contribution is -0.384. The molecule has 0 bridgehead atoms. The Morgan fingerprint density at radius 1 is 1.65 bits per heavy atom. The number of nitrogens with zero attached hydrogens (tertiary/aromatic N) is 2. The molecule has 0 radical (unpaired) electrons. The summed E-state index contributed by atoms with van der Waals surface area (Å²) >= 11 is 6.49. The second-order valence-electron chi connectivity index (χ2n) is 2.95. The van der Waals surface area contributed by atoms with Crippen molar-refractivity contribution in [1.29, 1.82) is 0 Å². The standard InChI is InChI=1S/C8H5ClN4O3S/c9-7-4(13(15)16)3-5(17-7)8(14)11-6-1-2-10-12-6/h1-3H,(H2,10,11,12,14). The number of H-pyrrole nitrogens is 1. The largest absolute Gasteiger partial charge is 0.306 e. The Bertz CT molecular complexity index is 565. The van der Waals surface area contributed by atoms with Crippen LogP contribution < -0.4 is 5.32 Å². The van der Waals surface area contributed by atoms with Gasteiger partial charge in [-0.3, -0.25) is 20.0 Å². The van der Waals surface area contributed by atoms with Crippen molar-refractivity contribution in [2.75, 3.05) is 5.32 Å². The summed E-state index contributed by atoms with van der Waals surface area (Å²) < 4.78 is -0.0234. The van der Waals surface area contributed by atoms with E-state index in [0.717, 1.165) is 17.4 Å². The molecule has 0 fully saturated rings. The van der Waals surface area contributed by atoms with E-state index < -0.39 is 10.8 Å². The number of thiophene rings is 1. The van der Waals surface area contributed by atoms with Crippen molar-refractivity contribution in [3.05, 3.63) is 37.7 Å². The molecule has 2 aromatic rings. The second-order valence-corrected chi connectivity index (χ2v) is 4.61. The van der Waals surface area contributed by atoms with Gasteiger partial charge >= 0.3 is 0 Å². The lowest BCUT2D eigenvalue weighted by Crippen LogP contribution is -2.10. The maximum atomic E-state index is 11.7. The van der Waals surface area contributed by atoms with Gasteiger partial charge in [0, 0.05) is 12.1 Å². The summed E-state index contributed by atoms with van der Waals surface area (Å²) in [5.41, 5.74) is -0.272. The predicted molar refractivity (Wildman–Crippen MR) is 62.5 cm³/mol. The van der Waals surface area contributed by atoms with Crippen molar-refractivity contribution < 1.29 is 9.72 Å². The van der Waals surface area contributed by atoms with E-state index in [1.165, 1.54) is 6.20 Å². The number of anilines is 1. The van der Waals surface area contributed by atoms with Gasteiger partial charge in [0.15, 0.2) is 4.34 Å². The van der Waals surface area contributed by atoms with Gasteiger partial charge in [-0.2, -0.15) is 5.10 Å². The third-order valence-electron chi connectivity index (χ3n) is 1.84. The van der Waals surface area contributed by atoms with Gasteiger partial charge in [0.25, 0.3) is 11.6 Å². The number of nitrogens with one attached hydrogen (secondary N) is 2. The van der Waals surface area contributed by atoms with Gasteiger partial charge in [0.2, 0.25) is 0 Å². The minimum Gasteiger partial charge on any atom is -0.306 e. The van der Waals surface area contributed by atoms with E-state index in [2.05, 4.69) is 15.5 Å². The first-order valence-electron chi connectivity index (χ1n) is 4.32. The van der Waals surface area contributed by atoms with E-state index in [1.807, 2.05) is 0 Å². The first-order valence-corrected chi connectivity index (χ1v) is 5.52. The molecular weight excluding hydrogens is 268 g/mol. The molecule has 0 aromatic carbocycles. The molecule has 9 heteroatoms. The third kappa shape index (κ3) is 2.43. The Labute approximate surface area is 104 Å². The lowest BCUT2D eigenvalue weighted by Gasteiger charge is -1.97. The fourth-order valence-electron chi connectivity index (χ4n) is 1.10. The number of aromatic amines is 1. The average Bonchev–Trinajstić information content (AvgIpc) is 2.86. The molecule has 7 nitrogen and oxygen atoms in total. The van der Waals surface area contributed by atoms with Crippen molar-refractivity contribution in [2.45, 2.75) is 0 Å². The van der Waals surface area contributed by atoms with Crippen LogP contribution in [0, 0.1) is 10.1 Å². The summed E-state index contributed by atoms with van der Waals surface area (Å²) in [5.74, 6) is -0.0728. The Hall–Kier alpha value is -1.93. The van der Waals surface area contributed by atoms with E-state index >= 15 is 0 Å². The van der Waals surface area contributed by atoms with Crippen LogP contribution in [0.2, 0.25) is 4.34 Å². The van der Waals surface area contributed by atoms with Crippen molar-refractivity contribution in [2.24, 2.45) is 0 Å². The van der Waals surface area contributed by atoms with Crippen LogP contribution in [0.1, 0.15) is 9.67 Å². The van der Waals surface area contributed by atoms with Gasteiger partial charge in [-0.25, -0.2) is 0 Å². The summed E-state index contributed by atoms with van der Waals surface area (Å²) in [4.78, 5) is 21.8. The maximum absolute atomic E-state index is 11.7. The number of hydrogen-bond donors (Lipinski definition) is 2. The van der Waals surface area contributed by atoms with Crippen molar-refractivity contribution in [3.8, 4) is 0 Å². The molecule has 0 atom stereocenters. The van der Waals surface area contributed by atoms with Gasteiger partial charge in [-0.15, -0.1) is 11.3 Å². The molecule has 1 amide bonds. The predicted octanol–water partition coefficient (Wildman–Crippen LogP) is 2.29. The highest BCUT2D eigenvalue weighted by molar-refractivity contribution is 7.18. The molecule has 2 rings (SSSR count). The number of carbonyl (C=O) groups excluding carboxylic acids is 1. The van der Waals surface area contributed by atoms with Crippen LogP contribution in [-0.4, -0.2) is 21.0 Å². The summed E-state index contributed by atoms with van der Waals surface area (Å²) in [7, 11) is 0. The van der Waals surface area contributed by atoms with Crippen molar-refractivity contribution in [1.82, 2.24) is 10.2 Å². The molecule has 0 unspecified atom stereocenters. The number of hydrogen-bond acceptors (Lipinski definition) is 5. The van der Waals surface area contributed by atoms with Crippen molar-refractivity contribution >= 4 is 40.4 Å². The van der Waals surface area contributed by atoms with E-state index in [0.29, 0.717) is 5.82 Å². The van der Waals surface area contributed by atoms with E-state index in [1.54, 1.807) is 6.07 Å². The topological polar surface area (TPSA) is 101 Å². The number of aromatic nitrogens is 2. The minimum absolute atomic E-state index is 0.0234. The molecular formula is C8H5ClN4O3S. The zero-order valence-corrected chi connectivity index (χ0v) is 9.71. The lowest BCUT2D eigenvalue weighted by atomic mass is 10.4. The Morgan fingerprint density at radius 3 is 2.94 bits per heavy atom. The van der Waals surface area contributed by atoms with Gasteiger partial charge in [0.1, 0.15) is 10.7 Å². The Kier molecular flexibility index (Phi) is 3.07. The minimum atomic E-state index is -0.633. The highest BCUT2D eigenvalue weighted by atomic mass is 35.5. The van der Waals surface area contributed by atoms with E-state index in [4.69, 9.17) is 11.6 Å². The maximum Gasteiger partial charge on any atom is 0.299 e. The Morgan fingerprint density at radius 2 is 2.41 bits per heavy atom. The first kappa shape index (κ1) is 11.6. The first-order chi connectivity index (χ1) is 8.08. The quantitative estimate of drug-likeness (QED) is 0.661. The molecule has 88 valence electrons. The van der Waals surface area contributed by atoms with Gasteiger partial charge < -0.3 is 5.32 Å². The highest BCUT2D eigenvalue weighted by Crippen LogP contribution is 2.33. The van der Waals surface area contributed by atoms with Crippen LogP contribution in [0.4, 0.5) is 11.5 Å². The molecule has 2 heterocycles. The molecule has 2 N–H and O–H groups in total. The zero-order chi connectivity index (χ0) is 12.4. The fourth-order valence-corrected chi connectivity index (χ4v) is 2.22.